The molecule has 0 radical (unpaired) electrons. The van der Waals surface area contributed by atoms with Gasteiger partial charge in [-0.25, -0.2) is 9.97 Å². The van der Waals surface area contributed by atoms with E-state index in [-0.39, 0.29) is 6.10 Å². The zero-order valence-electron chi connectivity index (χ0n) is 16.0. The molecule has 5 heteroatoms. The number of benzene rings is 2. The number of rotatable bonds is 5. The Labute approximate surface area is 169 Å². The summed E-state index contributed by atoms with van der Waals surface area (Å²) in [6.07, 6.45) is 4.69. The smallest absolute Gasteiger partial charge is 0.162 e. The highest BCUT2D eigenvalue weighted by Crippen LogP contribution is 2.35. The van der Waals surface area contributed by atoms with Crippen LogP contribution in [-0.4, -0.2) is 28.1 Å². The molecule has 2 atom stereocenters. The second-order valence-electron chi connectivity index (χ2n) is 7.28. The minimum Gasteiger partial charge on any atom is -0.373 e. The molecule has 1 saturated heterocycles. The van der Waals surface area contributed by atoms with Crippen molar-refractivity contribution in [2.75, 3.05) is 18.5 Å². The van der Waals surface area contributed by atoms with Crippen LogP contribution in [0.25, 0.3) is 22.3 Å². The zero-order valence-corrected chi connectivity index (χ0v) is 16.0. The number of nitrogens with zero attached hydrogens (tertiary/aromatic N) is 3. The monoisotopic (exact) mass is 382 g/mol. The van der Waals surface area contributed by atoms with Gasteiger partial charge in [0.25, 0.3) is 0 Å². The third-order valence-corrected chi connectivity index (χ3v) is 5.42. The van der Waals surface area contributed by atoms with E-state index in [1.807, 2.05) is 36.4 Å². The highest BCUT2D eigenvalue weighted by Gasteiger charge is 2.29. The standard InChI is InChI=1S/C24H22N4O/c1-2-6-17(7-3-1)22-19(12-15-29-22)16-26-24-20-8-4-5-9-21(20)27-23(28-24)18-10-13-25-14-11-18/h1-11,13-14,19,22H,12,15-16H2,(H,26,27,28). The average molecular weight is 382 g/mol. The van der Waals surface area contributed by atoms with Gasteiger partial charge in [0, 0.05) is 42.4 Å². The SMILES string of the molecule is c1ccc(C2OCCC2CNc2nc(-c3ccncc3)nc3ccccc23)cc1. The first-order chi connectivity index (χ1) is 14.4. The Hall–Kier alpha value is -3.31. The molecule has 3 heterocycles. The Bertz CT molecular complexity index is 1100. The lowest BCUT2D eigenvalue weighted by Crippen LogP contribution is -2.18. The fourth-order valence-corrected chi connectivity index (χ4v) is 3.92. The van der Waals surface area contributed by atoms with Crippen LogP contribution in [0.4, 0.5) is 5.82 Å². The van der Waals surface area contributed by atoms with Crippen LogP contribution in [0.5, 0.6) is 0 Å². The van der Waals surface area contributed by atoms with Crippen LogP contribution in [0.1, 0.15) is 18.1 Å². The van der Waals surface area contributed by atoms with Gasteiger partial charge in [0.2, 0.25) is 0 Å². The Morgan fingerprint density at radius 1 is 0.897 bits per heavy atom. The average Bonchev–Trinajstić information content (AvgIpc) is 3.27. The molecule has 144 valence electrons. The Morgan fingerprint density at radius 2 is 1.69 bits per heavy atom. The number of fused-ring (bicyclic) bond motifs is 1. The van der Waals surface area contributed by atoms with Crippen LogP contribution < -0.4 is 5.32 Å². The maximum atomic E-state index is 6.04. The van der Waals surface area contributed by atoms with Gasteiger partial charge < -0.3 is 10.1 Å². The molecule has 1 fully saturated rings. The highest BCUT2D eigenvalue weighted by atomic mass is 16.5. The van der Waals surface area contributed by atoms with E-state index in [0.29, 0.717) is 11.7 Å². The molecule has 0 aliphatic carbocycles. The van der Waals surface area contributed by atoms with Crippen LogP contribution in [0.15, 0.2) is 79.1 Å². The molecule has 5 rings (SSSR count). The topological polar surface area (TPSA) is 59.9 Å². The van der Waals surface area contributed by atoms with Crippen molar-refractivity contribution in [3.63, 3.8) is 0 Å². The van der Waals surface area contributed by atoms with E-state index in [1.165, 1.54) is 5.56 Å². The number of ether oxygens (including phenoxy) is 1. The number of para-hydroxylation sites is 1. The lowest BCUT2D eigenvalue weighted by molar-refractivity contribution is 0.0933. The van der Waals surface area contributed by atoms with Gasteiger partial charge in [0.15, 0.2) is 5.82 Å². The van der Waals surface area contributed by atoms with Crippen molar-refractivity contribution in [1.29, 1.82) is 0 Å². The normalized spacial score (nSPS) is 18.8. The van der Waals surface area contributed by atoms with Crippen molar-refractivity contribution in [2.45, 2.75) is 12.5 Å². The van der Waals surface area contributed by atoms with Crippen LogP contribution in [-0.2, 0) is 4.74 Å². The fraction of sp³-hybridized carbons (Fsp3) is 0.208. The van der Waals surface area contributed by atoms with Gasteiger partial charge in [0.1, 0.15) is 5.82 Å². The van der Waals surface area contributed by atoms with E-state index in [1.54, 1.807) is 12.4 Å². The first kappa shape index (κ1) is 17.8. The molecule has 0 saturated carbocycles. The van der Waals surface area contributed by atoms with Gasteiger partial charge in [-0.15, -0.1) is 0 Å². The highest BCUT2D eigenvalue weighted by molar-refractivity contribution is 5.90. The maximum Gasteiger partial charge on any atom is 0.162 e. The number of aromatic nitrogens is 3. The van der Waals surface area contributed by atoms with Crippen molar-refractivity contribution in [3.8, 4) is 11.4 Å². The summed E-state index contributed by atoms with van der Waals surface area (Å²) in [5, 5.41) is 4.62. The predicted molar refractivity (Wildman–Crippen MR) is 115 cm³/mol. The van der Waals surface area contributed by atoms with Gasteiger partial charge in [-0.2, -0.15) is 0 Å². The van der Waals surface area contributed by atoms with Crippen molar-refractivity contribution >= 4 is 16.7 Å². The number of pyridine rings is 1. The molecule has 0 amide bonds. The molecular formula is C24H22N4O. The van der Waals surface area contributed by atoms with E-state index in [0.717, 1.165) is 41.9 Å². The van der Waals surface area contributed by atoms with E-state index < -0.39 is 0 Å². The zero-order chi connectivity index (χ0) is 19.5. The second-order valence-corrected chi connectivity index (χ2v) is 7.28. The summed E-state index contributed by atoms with van der Waals surface area (Å²) in [4.78, 5) is 13.7. The van der Waals surface area contributed by atoms with E-state index in [2.05, 4.69) is 40.6 Å². The fourth-order valence-electron chi connectivity index (χ4n) is 3.92. The summed E-state index contributed by atoms with van der Waals surface area (Å²) in [6.45, 7) is 1.59. The number of anilines is 1. The molecule has 1 aliphatic heterocycles. The van der Waals surface area contributed by atoms with Crippen molar-refractivity contribution in [3.05, 3.63) is 84.7 Å². The molecule has 5 nitrogen and oxygen atoms in total. The van der Waals surface area contributed by atoms with Gasteiger partial charge in [-0.1, -0.05) is 42.5 Å². The number of nitrogens with one attached hydrogen (secondary N) is 1. The predicted octanol–water partition coefficient (Wildman–Crippen LogP) is 4.88. The molecule has 0 spiro atoms. The van der Waals surface area contributed by atoms with Crippen LogP contribution in [0.2, 0.25) is 0 Å². The van der Waals surface area contributed by atoms with E-state index >= 15 is 0 Å². The quantitative estimate of drug-likeness (QED) is 0.533. The Balaban J connectivity index is 1.44. The number of hydrogen-bond donors (Lipinski definition) is 1. The molecule has 2 unspecified atom stereocenters. The van der Waals surface area contributed by atoms with Crippen LogP contribution in [0, 0.1) is 5.92 Å². The van der Waals surface area contributed by atoms with Gasteiger partial charge in [-0.3, -0.25) is 4.98 Å². The van der Waals surface area contributed by atoms with Crippen molar-refractivity contribution < 1.29 is 4.74 Å². The molecule has 0 bridgehead atoms. The summed E-state index contributed by atoms with van der Waals surface area (Å²) in [5.41, 5.74) is 3.13. The van der Waals surface area contributed by atoms with Crippen molar-refractivity contribution in [1.82, 2.24) is 15.0 Å². The number of hydrogen-bond acceptors (Lipinski definition) is 5. The minimum atomic E-state index is 0.122. The summed E-state index contributed by atoms with van der Waals surface area (Å²) >= 11 is 0. The molecular weight excluding hydrogens is 360 g/mol. The largest absolute Gasteiger partial charge is 0.373 e. The van der Waals surface area contributed by atoms with E-state index in [4.69, 9.17) is 14.7 Å². The van der Waals surface area contributed by atoms with Crippen LogP contribution >= 0.6 is 0 Å². The third kappa shape index (κ3) is 3.69. The third-order valence-electron chi connectivity index (χ3n) is 5.42. The Morgan fingerprint density at radius 3 is 2.55 bits per heavy atom. The summed E-state index contributed by atoms with van der Waals surface area (Å²) < 4.78 is 6.04. The minimum absolute atomic E-state index is 0.122. The first-order valence-corrected chi connectivity index (χ1v) is 9.96. The second kappa shape index (κ2) is 7.97. The van der Waals surface area contributed by atoms with Crippen LogP contribution in [0.3, 0.4) is 0 Å². The molecule has 4 aromatic rings. The Kier molecular flexibility index (Phi) is 4.88. The molecule has 1 aliphatic rings. The molecule has 1 N–H and O–H groups in total. The molecule has 29 heavy (non-hydrogen) atoms. The van der Waals surface area contributed by atoms with Crippen molar-refractivity contribution in [2.24, 2.45) is 5.92 Å². The molecule has 2 aromatic heterocycles. The maximum absolute atomic E-state index is 6.04. The van der Waals surface area contributed by atoms with Gasteiger partial charge >= 0.3 is 0 Å². The summed E-state index contributed by atoms with van der Waals surface area (Å²) in [5.74, 6) is 1.97. The van der Waals surface area contributed by atoms with Gasteiger partial charge in [0.05, 0.1) is 11.6 Å². The first-order valence-electron chi connectivity index (χ1n) is 9.96. The lowest BCUT2D eigenvalue weighted by atomic mass is 9.95. The molecule has 2 aromatic carbocycles. The summed E-state index contributed by atoms with van der Waals surface area (Å²) in [7, 11) is 0. The van der Waals surface area contributed by atoms with Gasteiger partial charge in [-0.05, 0) is 36.2 Å². The van der Waals surface area contributed by atoms with E-state index in [9.17, 15) is 0 Å². The summed E-state index contributed by atoms with van der Waals surface area (Å²) in [6, 6.07) is 22.5. The lowest BCUT2D eigenvalue weighted by Gasteiger charge is -2.20.